The molecule has 1 unspecified atom stereocenters. The highest BCUT2D eigenvalue weighted by Crippen LogP contribution is 2.43. The summed E-state index contributed by atoms with van der Waals surface area (Å²) in [6.45, 7) is 7.97. The average molecular weight is 456 g/mol. The lowest BCUT2D eigenvalue weighted by atomic mass is 9.67. The minimum Gasteiger partial charge on any atom is -0.492 e. The number of aromatic nitrogens is 1. The predicted molar refractivity (Wildman–Crippen MR) is 142 cm³/mol. The molecule has 0 saturated heterocycles. The molecule has 2 nitrogen and oxygen atoms in total. The Balaban J connectivity index is 1.30. The highest BCUT2D eigenvalue weighted by molar-refractivity contribution is 5.19. The summed E-state index contributed by atoms with van der Waals surface area (Å²) in [5, 5.41) is 0. The second-order valence-electron chi connectivity index (χ2n) is 11.5. The minimum atomic E-state index is 0.816. The number of unbranched alkanes of at least 4 members (excludes halogenated alkanes) is 4. The van der Waals surface area contributed by atoms with Crippen molar-refractivity contribution in [2.45, 2.75) is 130 Å². The first-order valence-electron chi connectivity index (χ1n) is 14.8. The number of rotatable bonds is 14. The maximum atomic E-state index is 5.81. The van der Waals surface area contributed by atoms with Crippen LogP contribution in [0.15, 0.2) is 18.3 Å². The Morgan fingerprint density at radius 3 is 1.97 bits per heavy atom. The van der Waals surface area contributed by atoms with E-state index in [-0.39, 0.29) is 0 Å². The Labute approximate surface area is 205 Å². The monoisotopic (exact) mass is 455 g/mol. The van der Waals surface area contributed by atoms with Crippen LogP contribution in [0.4, 0.5) is 0 Å². The van der Waals surface area contributed by atoms with Crippen LogP contribution in [-0.2, 0) is 6.42 Å². The molecule has 33 heavy (non-hydrogen) atoms. The smallest absolute Gasteiger partial charge is 0.137 e. The summed E-state index contributed by atoms with van der Waals surface area (Å²) in [6.07, 6.45) is 25.7. The van der Waals surface area contributed by atoms with Crippen molar-refractivity contribution in [1.82, 2.24) is 4.98 Å². The summed E-state index contributed by atoms with van der Waals surface area (Å²) < 4.78 is 5.81. The van der Waals surface area contributed by atoms with E-state index in [1.807, 2.05) is 6.20 Å². The van der Waals surface area contributed by atoms with Crippen LogP contribution in [0.2, 0.25) is 0 Å². The summed E-state index contributed by atoms with van der Waals surface area (Å²) >= 11 is 0. The van der Waals surface area contributed by atoms with Crippen molar-refractivity contribution in [3.05, 3.63) is 24.0 Å². The van der Waals surface area contributed by atoms with Gasteiger partial charge in [-0.25, -0.2) is 0 Å². The first-order chi connectivity index (χ1) is 16.2. The number of nitrogens with zero attached hydrogens (tertiary/aromatic N) is 1. The number of pyridine rings is 1. The van der Waals surface area contributed by atoms with Gasteiger partial charge in [0.1, 0.15) is 5.75 Å². The van der Waals surface area contributed by atoms with Crippen LogP contribution in [0, 0.1) is 29.6 Å². The van der Waals surface area contributed by atoms with Crippen molar-refractivity contribution in [2.75, 3.05) is 6.61 Å². The number of aryl methyl sites for hydroxylation is 1. The van der Waals surface area contributed by atoms with Gasteiger partial charge in [-0.05, 0) is 86.7 Å². The summed E-state index contributed by atoms with van der Waals surface area (Å²) in [5.74, 6) is 5.85. The molecule has 2 heteroatoms. The van der Waals surface area contributed by atoms with Gasteiger partial charge in [0.2, 0.25) is 0 Å². The fraction of sp³-hybridized carbons (Fsp3) is 0.839. The Kier molecular flexibility index (Phi) is 12.1. The molecule has 2 aliphatic carbocycles. The van der Waals surface area contributed by atoms with Crippen molar-refractivity contribution in [1.29, 1.82) is 0 Å². The van der Waals surface area contributed by atoms with Crippen molar-refractivity contribution in [3.63, 3.8) is 0 Å². The largest absolute Gasteiger partial charge is 0.492 e. The van der Waals surface area contributed by atoms with Crippen LogP contribution in [0.25, 0.3) is 0 Å². The lowest BCUT2D eigenvalue weighted by Gasteiger charge is -2.39. The molecule has 3 rings (SSSR count). The van der Waals surface area contributed by atoms with Gasteiger partial charge in [-0.15, -0.1) is 0 Å². The topological polar surface area (TPSA) is 22.1 Å². The van der Waals surface area contributed by atoms with Gasteiger partial charge in [0.05, 0.1) is 12.8 Å². The SMILES string of the molecule is CCCCCOc1ccc(CC[C@H]2CC[C@H](C(C)C3CCC(CCCCC)CC3)CC2)nc1. The van der Waals surface area contributed by atoms with Crippen LogP contribution >= 0.6 is 0 Å². The molecule has 0 spiro atoms. The maximum Gasteiger partial charge on any atom is 0.137 e. The Bertz CT molecular complexity index is 610. The van der Waals surface area contributed by atoms with E-state index in [2.05, 4.69) is 37.9 Å². The van der Waals surface area contributed by atoms with E-state index in [0.717, 1.165) is 54.8 Å². The maximum absolute atomic E-state index is 5.81. The number of hydrogen-bond acceptors (Lipinski definition) is 2. The van der Waals surface area contributed by atoms with Gasteiger partial charge in [-0.1, -0.05) is 85.0 Å². The molecule has 0 amide bonds. The van der Waals surface area contributed by atoms with Crippen LogP contribution in [0.3, 0.4) is 0 Å². The second kappa shape index (κ2) is 15.0. The molecule has 0 radical (unpaired) electrons. The van der Waals surface area contributed by atoms with Crippen molar-refractivity contribution in [2.24, 2.45) is 29.6 Å². The summed E-state index contributed by atoms with van der Waals surface area (Å²) in [5.41, 5.74) is 1.24. The molecule has 188 valence electrons. The molecule has 0 aromatic carbocycles. The van der Waals surface area contributed by atoms with E-state index >= 15 is 0 Å². The zero-order valence-corrected chi connectivity index (χ0v) is 22.2. The van der Waals surface area contributed by atoms with E-state index in [0.29, 0.717) is 0 Å². The molecule has 1 aromatic heterocycles. The molecular weight excluding hydrogens is 402 g/mol. The molecule has 1 atom stereocenters. The minimum absolute atomic E-state index is 0.816. The molecule has 1 heterocycles. The molecule has 1 aromatic rings. The van der Waals surface area contributed by atoms with Gasteiger partial charge in [0, 0.05) is 5.69 Å². The van der Waals surface area contributed by atoms with Crippen LogP contribution in [0.1, 0.15) is 129 Å². The lowest BCUT2D eigenvalue weighted by Crippen LogP contribution is -2.28. The Hall–Kier alpha value is -1.05. The van der Waals surface area contributed by atoms with E-state index in [9.17, 15) is 0 Å². The quantitative estimate of drug-likeness (QED) is 0.261. The zero-order chi connectivity index (χ0) is 23.3. The van der Waals surface area contributed by atoms with E-state index < -0.39 is 0 Å². The fourth-order valence-electron chi connectivity index (χ4n) is 6.61. The van der Waals surface area contributed by atoms with Crippen LogP contribution in [-0.4, -0.2) is 11.6 Å². The van der Waals surface area contributed by atoms with Crippen molar-refractivity contribution in [3.8, 4) is 5.75 Å². The molecule has 2 fully saturated rings. The molecule has 0 bridgehead atoms. The normalized spacial score (nSPS) is 26.8. The van der Waals surface area contributed by atoms with Gasteiger partial charge < -0.3 is 4.74 Å². The third-order valence-electron chi connectivity index (χ3n) is 9.11. The first-order valence-corrected chi connectivity index (χ1v) is 14.8. The average Bonchev–Trinajstić information content (AvgIpc) is 2.86. The van der Waals surface area contributed by atoms with Crippen molar-refractivity contribution < 1.29 is 4.74 Å². The van der Waals surface area contributed by atoms with E-state index in [4.69, 9.17) is 4.74 Å². The van der Waals surface area contributed by atoms with E-state index in [1.54, 1.807) is 0 Å². The second-order valence-corrected chi connectivity index (χ2v) is 11.5. The molecule has 0 N–H and O–H groups in total. The third-order valence-corrected chi connectivity index (χ3v) is 9.11. The Morgan fingerprint density at radius 1 is 0.788 bits per heavy atom. The van der Waals surface area contributed by atoms with Crippen LogP contribution in [0.5, 0.6) is 5.75 Å². The predicted octanol–water partition coefficient (Wildman–Crippen LogP) is 9.41. The van der Waals surface area contributed by atoms with Gasteiger partial charge in [0.15, 0.2) is 0 Å². The molecule has 2 aliphatic rings. The lowest BCUT2D eigenvalue weighted by molar-refractivity contribution is 0.120. The van der Waals surface area contributed by atoms with Crippen molar-refractivity contribution >= 4 is 0 Å². The standard InChI is InChI=1S/C31H53NO/c1-4-6-8-10-26-11-16-28(17-12-26)25(3)29-18-13-27(14-19-29)15-20-30-21-22-31(24-32-30)33-23-9-7-5-2/h21-22,24-29H,4-20,23H2,1-3H3/t25?,26?,27-,28?,29-. The van der Waals surface area contributed by atoms with Crippen LogP contribution < -0.4 is 4.74 Å². The summed E-state index contributed by atoms with van der Waals surface area (Å²) in [7, 11) is 0. The van der Waals surface area contributed by atoms with Gasteiger partial charge in [-0.2, -0.15) is 0 Å². The summed E-state index contributed by atoms with van der Waals surface area (Å²) in [4.78, 5) is 4.67. The van der Waals surface area contributed by atoms with Gasteiger partial charge >= 0.3 is 0 Å². The highest BCUT2D eigenvalue weighted by atomic mass is 16.5. The van der Waals surface area contributed by atoms with Gasteiger partial charge in [-0.3, -0.25) is 4.98 Å². The zero-order valence-electron chi connectivity index (χ0n) is 22.2. The fourth-order valence-corrected chi connectivity index (χ4v) is 6.61. The molecule has 0 aliphatic heterocycles. The molecular formula is C31H53NO. The highest BCUT2D eigenvalue weighted by Gasteiger charge is 2.32. The third kappa shape index (κ3) is 9.25. The Morgan fingerprint density at radius 2 is 1.39 bits per heavy atom. The van der Waals surface area contributed by atoms with E-state index in [1.165, 1.54) is 102 Å². The number of ether oxygens (including phenoxy) is 1. The first kappa shape index (κ1) is 26.6. The number of hydrogen-bond donors (Lipinski definition) is 0. The van der Waals surface area contributed by atoms with Gasteiger partial charge in [0.25, 0.3) is 0 Å². The summed E-state index contributed by atoms with van der Waals surface area (Å²) in [6, 6.07) is 4.30. The molecule has 2 saturated carbocycles.